The Labute approximate surface area is 92.6 Å². The first-order chi connectivity index (χ1) is 6.98. The molecular formula is C7H10O7S2. The first kappa shape index (κ1) is 13.3. The summed E-state index contributed by atoms with van der Waals surface area (Å²) in [5.74, 6) is -1.22. The lowest BCUT2D eigenvalue weighted by Gasteiger charge is -2.28. The molecule has 0 heterocycles. The normalized spacial score (nSPS) is 31.2. The first-order valence-electron chi connectivity index (χ1n) is 4.06. The van der Waals surface area contributed by atoms with E-state index in [0.29, 0.717) is 12.2 Å². The molecule has 0 aromatic heterocycles. The molecule has 16 heavy (non-hydrogen) atoms. The summed E-state index contributed by atoms with van der Waals surface area (Å²) in [5.41, 5.74) is 0. The van der Waals surface area contributed by atoms with Crippen LogP contribution in [0.25, 0.3) is 0 Å². The Morgan fingerprint density at radius 3 is 2.06 bits per heavy atom. The van der Waals surface area contributed by atoms with E-state index in [1.165, 1.54) is 6.92 Å². The third-order valence-electron chi connectivity index (χ3n) is 2.26. The summed E-state index contributed by atoms with van der Waals surface area (Å²) in [6.45, 7) is 1.18. The van der Waals surface area contributed by atoms with Crippen LogP contribution in [0, 0.1) is 5.92 Å². The van der Waals surface area contributed by atoms with Gasteiger partial charge in [-0.3, -0.25) is 9.11 Å². The predicted molar refractivity (Wildman–Crippen MR) is 54.4 cm³/mol. The Morgan fingerprint density at radius 1 is 1.25 bits per heavy atom. The largest absolute Gasteiger partial charge is 0.369 e. The van der Waals surface area contributed by atoms with Gasteiger partial charge < -0.3 is 5.11 Å². The third kappa shape index (κ3) is 2.18. The minimum atomic E-state index is -4.80. The van der Waals surface area contributed by atoms with Gasteiger partial charge >= 0.3 is 0 Å². The van der Waals surface area contributed by atoms with E-state index >= 15 is 0 Å². The Hall–Kier alpha value is -0.740. The minimum Gasteiger partial charge on any atom is -0.369 e. The lowest BCUT2D eigenvalue weighted by Crippen LogP contribution is -2.43. The molecule has 1 aliphatic rings. The van der Waals surface area contributed by atoms with Crippen molar-refractivity contribution in [2.24, 2.45) is 5.92 Å². The number of hydrogen-bond acceptors (Lipinski definition) is 5. The summed E-state index contributed by atoms with van der Waals surface area (Å²) in [5, 5.41) is 9.61. The SMILES string of the molecule is CC1C=C(S(=O)(=O)O)C=CC1(O)S(=O)(=O)O. The highest BCUT2D eigenvalue weighted by Gasteiger charge is 2.45. The van der Waals surface area contributed by atoms with Crippen molar-refractivity contribution >= 4 is 20.2 Å². The van der Waals surface area contributed by atoms with Gasteiger partial charge in [-0.1, -0.05) is 13.0 Å². The highest BCUT2D eigenvalue weighted by atomic mass is 32.2. The van der Waals surface area contributed by atoms with Crippen molar-refractivity contribution < 1.29 is 31.0 Å². The molecule has 92 valence electrons. The monoisotopic (exact) mass is 270 g/mol. The fourth-order valence-corrected chi connectivity index (χ4v) is 2.66. The van der Waals surface area contributed by atoms with Crippen LogP contribution in [0.1, 0.15) is 6.92 Å². The van der Waals surface area contributed by atoms with Crippen molar-refractivity contribution in [3.8, 4) is 0 Å². The van der Waals surface area contributed by atoms with Gasteiger partial charge in [-0.05, 0) is 12.2 Å². The van der Waals surface area contributed by atoms with Crippen LogP contribution in [0.3, 0.4) is 0 Å². The number of rotatable bonds is 2. The fraction of sp³-hybridized carbons (Fsp3) is 0.429. The third-order valence-corrected chi connectivity index (χ3v) is 4.47. The zero-order valence-electron chi connectivity index (χ0n) is 8.10. The van der Waals surface area contributed by atoms with Crippen LogP contribution in [-0.4, -0.2) is 36.0 Å². The molecule has 0 bridgehead atoms. The quantitative estimate of drug-likeness (QED) is 0.579. The molecule has 3 N–H and O–H groups in total. The molecule has 0 saturated heterocycles. The maximum Gasteiger partial charge on any atom is 0.299 e. The second kappa shape index (κ2) is 3.64. The first-order valence-corrected chi connectivity index (χ1v) is 6.94. The van der Waals surface area contributed by atoms with Crippen molar-refractivity contribution in [3.63, 3.8) is 0 Å². The molecule has 2 unspecified atom stereocenters. The van der Waals surface area contributed by atoms with Crippen LogP contribution < -0.4 is 0 Å². The lowest BCUT2D eigenvalue weighted by molar-refractivity contribution is 0.123. The molecule has 2 atom stereocenters. The van der Waals surface area contributed by atoms with Gasteiger partial charge in [-0.2, -0.15) is 16.8 Å². The Balaban J connectivity index is 3.28. The van der Waals surface area contributed by atoms with Crippen LogP contribution in [0.4, 0.5) is 0 Å². The van der Waals surface area contributed by atoms with Crippen molar-refractivity contribution in [1.82, 2.24) is 0 Å². The summed E-state index contributed by atoms with van der Waals surface area (Å²) in [7, 11) is -9.26. The van der Waals surface area contributed by atoms with Crippen molar-refractivity contribution in [3.05, 3.63) is 23.1 Å². The average molecular weight is 270 g/mol. The van der Waals surface area contributed by atoms with Gasteiger partial charge in [0.15, 0.2) is 0 Å². The van der Waals surface area contributed by atoms with E-state index in [-0.39, 0.29) is 0 Å². The molecule has 9 heteroatoms. The smallest absolute Gasteiger partial charge is 0.299 e. The van der Waals surface area contributed by atoms with Gasteiger partial charge in [0.2, 0.25) is 4.93 Å². The summed E-state index contributed by atoms with van der Waals surface area (Å²) in [4.78, 5) is -3.12. The van der Waals surface area contributed by atoms with Gasteiger partial charge in [0, 0.05) is 5.92 Å². The van der Waals surface area contributed by atoms with E-state index in [2.05, 4.69) is 0 Å². The Bertz CT molecular complexity index is 554. The molecule has 1 rings (SSSR count). The topological polar surface area (TPSA) is 129 Å². The van der Waals surface area contributed by atoms with Crippen LogP contribution in [-0.2, 0) is 20.2 Å². The van der Waals surface area contributed by atoms with E-state index in [1.54, 1.807) is 0 Å². The highest BCUT2D eigenvalue weighted by Crippen LogP contribution is 2.32. The number of aliphatic hydroxyl groups is 1. The van der Waals surface area contributed by atoms with Crippen LogP contribution in [0.5, 0.6) is 0 Å². The maximum absolute atomic E-state index is 10.9. The van der Waals surface area contributed by atoms with Crippen molar-refractivity contribution in [2.45, 2.75) is 11.9 Å². The predicted octanol–water partition coefficient (Wildman–Crippen LogP) is -0.460. The molecule has 0 aliphatic heterocycles. The zero-order chi connectivity index (χ0) is 12.8. The van der Waals surface area contributed by atoms with Gasteiger partial charge in [0.1, 0.15) is 0 Å². The van der Waals surface area contributed by atoms with E-state index in [4.69, 9.17) is 9.11 Å². The van der Waals surface area contributed by atoms with Crippen molar-refractivity contribution in [1.29, 1.82) is 0 Å². The van der Waals surface area contributed by atoms with Crippen LogP contribution in [0.15, 0.2) is 23.1 Å². The highest BCUT2D eigenvalue weighted by molar-refractivity contribution is 7.90. The lowest BCUT2D eigenvalue weighted by atomic mass is 9.99. The maximum atomic E-state index is 10.9. The molecule has 0 spiro atoms. The molecular weight excluding hydrogens is 260 g/mol. The van der Waals surface area contributed by atoms with Gasteiger partial charge in [0.25, 0.3) is 20.2 Å². The molecule has 0 fully saturated rings. The van der Waals surface area contributed by atoms with Crippen LogP contribution >= 0.6 is 0 Å². The molecule has 0 amide bonds. The van der Waals surface area contributed by atoms with E-state index in [9.17, 15) is 21.9 Å². The van der Waals surface area contributed by atoms with E-state index in [0.717, 1.165) is 6.08 Å². The summed E-state index contributed by atoms with van der Waals surface area (Å²) < 4.78 is 60.7. The van der Waals surface area contributed by atoms with Gasteiger partial charge in [-0.25, -0.2) is 0 Å². The number of allylic oxidation sites excluding steroid dienone is 1. The standard InChI is InChI=1S/C7H10O7S2/c1-5-4-6(15(9,10)11)2-3-7(5,8)16(12,13)14/h2-5,8H,1H3,(H,9,10,11)(H,12,13,14). The molecule has 7 nitrogen and oxygen atoms in total. The molecule has 0 aromatic rings. The summed E-state index contributed by atoms with van der Waals surface area (Å²) in [6.07, 6.45) is 2.16. The molecule has 0 saturated carbocycles. The van der Waals surface area contributed by atoms with Gasteiger partial charge in [-0.15, -0.1) is 0 Å². The molecule has 0 radical (unpaired) electrons. The second-order valence-electron chi connectivity index (χ2n) is 3.39. The average Bonchev–Trinajstić information content (AvgIpc) is 2.05. The van der Waals surface area contributed by atoms with E-state index < -0.39 is 36.0 Å². The zero-order valence-corrected chi connectivity index (χ0v) is 9.73. The fourth-order valence-electron chi connectivity index (χ4n) is 1.27. The Morgan fingerprint density at radius 2 is 1.75 bits per heavy atom. The van der Waals surface area contributed by atoms with E-state index in [1.807, 2.05) is 0 Å². The molecule has 1 aliphatic carbocycles. The minimum absolute atomic E-state index is 0.534. The summed E-state index contributed by atoms with van der Waals surface area (Å²) in [6, 6.07) is 0. The van der Waals surface area contributed by atoms with Gasteiger partial charge in [0.05, 0.1) is 4.91 Å². The van der Waals surface area contributed by atoms with Crippen LogP contribution in [0.2, 0.25) is 0 Å². The molecule has 0 aromatic carbocycles. The summed E-state index contributed by atoms with van der Waals surface area (Å²) >= 11 is 0. The number of hydrogen-bond donors (Lipinski definition) is 3. The van der Waals surface area contributed by atoms with Crippen molar-refractivity contribution in [2.75, 3.05) is 0 Å². The Kier molecular flexibility index (Phi) is 3.03. The second-order valence-corrected chi connectivity index (χ2v) is 6.42.